The van der Waals surface area contributed by atoms with Gasteiger partial charge in [-0.05, 0) is 12.1 Å². The van der Waals surface area contributed by atoms with Crippen LogP contribution < -0.4 is 0 Å². The normalized spacial score (nSPS) is 10.9. The lowest BCUT2D eigenvalue weighted by Crippen LogP contribution is -1.84. The summed E-state index contributed by atoms with van der Waals surface area (Å²) in [5.41, 5.74) is 1.81. The Morgan fingerprint density at radius 1 is 1.06 bits per heavy atom. The van der Waals surface area contributed by atoms with E-state index in [-0.39, 0.29) is 0 Å². The zero-order valence-electron chi connectivity index (χ0n) is 8.80. The molecule has 5 heteroatoms. The smallest absolute Gasteiger partial charge is 0.166 e. The van der Waals surface area contributed by atoms with Gasteiger partial charge in [-0.3, -0.25) is 0 Å². The summed E-state index contributed by atoms with van der Waals surface area (Å²) in [5.74, 6) is 0.394. The zero-order valence-corrected chi connectivity index (χ0v) is 10.4. The van der Waals surface area contributed by atoms with Crippen LogP contribution in [0.1, 0.15) is 5.01 Å². The highest BCUT2D eigenvalue weighted by Crippen LogP contribution is 2.24. The molecular weight excluding hydrogens is 254 g/mol. The highest BCUT2D eigenvalue weighted by molar-refractivity contribution is 7.14. The first-order valence-electron chi connectivity index (χ1n) is 5.11. The van der Waals surface area contributed by atoms with E-state index in [1.165, 1.54) is 11.3 Å². The third-order valence-electron chi connectivity index (χ3n) is 2.40. The lowest BCUT2D eigenvalue weighted by molar-refractivity contribution is 1.04. The maximum absolute atomic E-state index is 5.71. The minimum atomic E-state index is 0.394. The molecule has 0 spiro atoms. The number of alkyl halides is 1. The molecule has 3 nitrogen and oxygen atoms in total. The highest BCUT2D eigenvalue weighted by atomic mass is 35.5. The van der Waals surface area contributed by atoms with E-state index >= 15 is 0 Å². The molecule has 0 N–H and O–H groups in total. The monoisotopic (exact) mass is 261 g/mol. The maximum atomic E-state index is 5.71. The summed E-state index contributed by atoms with van der Waals surface area (Å²) in [6.07, 6.45) is 0. The number of rotatable bonds is 2. The summed E-state index contributed by atoms with van der Waals surface area (Å²) >= 11 is 7.19. The standard InChI is InChI=1S/C12H8ClN3S/c13-7-11-15-16-12(17-11)10-6-5-8-3-1-2-4-9(8)14-10/h1-6H,7H2. The molecule has 3 rings (SSSR count). The second kappa shape index (κ2) is 4.39. The molecule has 0 aliphatic carbocycles. The van der Waals surface area contributed by atoms with Crippen molar-refractivity contribution in [2.24, 2.45) is 0 Å². The van der Waals surface area contributed by atoms with E-state index in [2.05, 4.69) is 15.2 Å². The molecule has 0 fully saturated rings. The Kier molecular flexibility index (Phi) is 2.74. The van der Waals surface area contributed by atoms with Crippen molar-refractivity contribution < 1.29 is 0 Å². The Bertz CT molecular complexity index is 665. The number of nitrogens with zero attached hydrogens (tertiary/aromatic N) is 3. The van der Waals surface area contributed by atoms with Gasteiger partial charge in [0.1, 0.15) is 10.7 Å². The van der Waals surface area contributed by atoms with Gasteiger partial charge in [-0.1, -0.05) is 35.6 Å². The summed E-state index contributed by atoms with van der Waals surface area (Å²) in [6.45, 7) is 0. The zero-order chi connectivity index (χ0) is 11.7. The first-order chi connectivity index (χ1) is 8.36. The summed E-state index contributed by atoms with van der Waals surface area (Å²) in [5, 5.41) is 10.8. The second-order valence-electron chi connectivity index (χ2n) is 3.52. The Labute approximate surface area is 107 Å². The van der Waals surface area contributed by atoms with Gasteiger partial charge in [0, 0.05) is 5.39 Å². The van der Waals surface area contributed by atoms with Gasteiger partial charge in [-0.2, -0.15) is 0 Å². The predicted molar refractivity (Wildman–Crippen MR) is 70.2 cm³/mol. The number of hydrogen-bond acceptors (Lipinski definition) is 4. The molecule has 2 heterocycles. The number of para-hydroxylation sites is 1. The fraction of sp³-hybridized carbons (Fsp3) is 0.0833. The van der Waals surface area contributed by atoms with E-state index < -0.39 is 0 Å². The van der Waals surface area contributed by atoms with Crippen LogP contribution in [0.3, 0.4) is 0 Å². The largest absolute Gasteiger partial charge is 0.245 e. The molecule has 0 aliphatic heterocycles. The van der Waals surface area contributed by atoms with Gasteiger partial charge in [-0.15, -0.1) is 21.8 Å². The van der Waals surface area contributed by atoms with Crippen molar-refractivity contribution in [1.29, 1.82) is 0 Å². The van der Waals surface area contributed by atoms with Gasteiger partial charge in [0.05, 0.1) is 11.4 Å². The molecule has 2 aromatic heterocycles. The Morgan fingerprint density at radius 2 is 1.94 bits per heavy atom. The summed E-state index contributed by atoms with van der Waals surface area (Å²) in [4.78, 5) is 4.56. The van der Waals surface area contributed by atoms with Crippen LogP contribution in [0, 0.1) is 0 Å². The molecule has 3 aromatic rings. The molecule has 0 atom stereocenters. The number of benzene rings is 1. The minimum absolute atomic E-state index is 0.394. The SMILES string of the molecule is ClCc1nnc(-c2ccc3ccccc3n2)s1. The summed E-state index contributed by atoms with van der Waals surface area (Å²) in [7, 11) is 0. The second-order valence-corrected chi connectivity index (χ2v) is 4.85. The Hall–Kier alpha value is -1.52. The molecule has 0 aliphatic rings. The van der Waals surface area contributed by atoms with Crippen LogP contribution in [0.15, 0.2) is 36.4 Å². The molecule has 84 valence electrons. The van der Waals surface area contributed by atoms with Crippen LogP contribution in [0.2, 0.25) is 0 Å². The highest BCUT2D eigenvalue weighted by Gasteiger charge is 2.07. The van der Waals surface area contributed by atoms with E-state index in [1.54, 1.807) is 0 Å². The van der Waals surface area contributed by atoms with E-state index in [4.69, 9.17) is 11.6 Å². The van der Waals surface area contributed by atoms with Gasteiger partial charge in [0.25, 0.3) is 0 Å². The van der Waals surface area contributed by atoms with E-state index in [0.29, 0.717) is 5.88 Å². The molecule has 0 saturated carbocycles. The molecule has 0 bridgehead atoms. The van der Waals surface area contributed by atoms with Gasteiger partial charge in [0.15, 0.2) is 5.01 Å². The quantitative estimate of drug-likeness (QED) is 0.663. The molecule has 0 amide bonds. The van der Waals surface area contributed by atoms with Crippen molar-refractivity contribution in [3.8, 4) is 10.7 Å². The molecular formula is C12H8ClN3S. The molecule has 0 unspecified atom stereocenters. The minimum Gasteiger partial charge on any atom is -0.245 e. The van der Waals surface area contributed by atoms with E-state index in [9.17, 15) is 0 Å². The van der Waals surface area contributed by atoms with Crippen molar-refractivity contribution in [2.75, 3.05) is 0 Å². The van der Waals surface area contributed by atoms with Gasteiger partial charge in [-0.25, -0.2) is 4.98 Å². The van der Waals surface area contributed by atoms with Gasteiger partial charge in [0.2, 0.25) is 0 Å². The fourth-order valence-corrected chi connectivity index (χ4v) is 2.47. The lowest BCUT2D eigenvalue weighted by atomic mass is 10.2. The molecule has 17 heavy (non-hydrogen) atoms. The fourth-order valence-electron chi connectivity index (χ4n) is 1.60. The van der Waals surface area contributed by atoms with Crippen molar-refractivity contribution in [1.82, 2.24) is 15.2 Å². The number of aromatic nitrogens is 3. The van der Waals surface area contributed by atoms with E-state index in [0.717, 1.165) is 26.6 Å². The van der Waals surface area contributed by atoms with Gasteiger partial charge >= 0.3 is 0 Å². The topological polar surface area (TPSA) is 38.7 Å². The van der Waals surface area contributed by atoms with Crippen LogP contribution in [0.5, 0.6) is 0 Å². The van der Waals surface area contributed by atoms with Crippen LogP contribution in [-0.2, 0) is 5.88 Å². The third kappa shape index (κ3) is 2.01. The van der Waals surface area contributed by atoms with Crippen molar-refractivity contribution in [3.05, 3.63) is 41.4 Å². The Morgan fingerprint density at radius 3 is 2.76 bits per heavy atom. The van der Waals surface area contributed by atoms with Crippen LogP contribution in [0.4, 0.5) is 0 Å². The van der Waals surface area contributed by atoms with Crippen LogP contribution >= 0.6 is 22.9 Å². The average molecular weight is 262 g/mol. The maximum Gasteiger partial charge on any atom is 0.166 e. The third-order valence-corrected chi connectivity index (χ3v) is 3.76. The van der Waals surface area contributed by atoms with E-state index in [1.807, 2.05) is 36.4 Å². The lowest BCUT2D eigenvalue weighted by Gasteiger charge is -1.98. The van der Waals surface area contributed by atoms with Crippen LogP contribution in [-0.4, -0.2) is 15.2 Å². The van der Waals surface area contributed by atoms with Gasteiger partial charge < -0.3 is 0 Å². The van der Waals surface area contributed by atoms with Crippen molar-refractivity contribution in [3.63, 3.8) is 0 Å². The molecule has 0 radical (unpaired) electrons. The first-order valence-corrected chi connectivity index (χ1v) is 6.46. The number of pyridine rings is 1. The number of hydrogen-bond donors (Lipinski definition) is 0. The van der Waals surface area contributed by atoms with Crippen molar-refractivity contribution in [2.45, 2.75) is 5.88 Å². The first kappa shape index (κ1) is 10.6. The van der Waals surface area contributed by atoms with Crippen LogP contribution in [0.25, 0.3) is 21.6 Å². The van der Waals surface area contributed by atoms with Crippen molar-refractivity contribution >= 4 is 33.8 Å². The summed E-state index contributed by atoms with van der Waals surface area (Å²) < 4.78 is 0. The summed E-state index contributed by atoms with van der Waals surface area (Å²) in [6, 6.07) is 12.0. The molecule has 0 saturated heterocycles. The number of fused-ring (bicyclic) bond motifs is 1. The average Bonchev–Trinajstić information content (AvgIpc) is 2.87. The predicted octanol–water partition coefficient (Wildman–Crippen LogP) is 3.49. The number of halogens is 1. The Balaban J connectivity index is 2.11. The molecule has 1 aromatic carbocycles.